The molecule has 0 heterocycles. The third-order valence-corrected chi connectivity index (χ3v) is 1.88. The Balaban J connectivity index is 2.07. The molecule has 0 aromatic heterocycles. The molecule has 3 nitrogen and oxygen atoms in total. The van der Waals surface area contributed by atoms with Gasteiger partial charge in [-0.15, -0.1) is 0 Å². The number of carbonyl (C=O) groups excluding carboxylic acids is 1. The molecule has 0 aliphatic heterocycles. The van der Waals surface area contributed by atoms with E-state index in [2.05, 4.69) is 0 Å². The molecule has 0 aromatic carbocycles. The molecule has 3 heteroatoms. The molecule has 0 bridgehead atoms. The van der Waals surface area contributed by atoms with Crippen molar-refractivity contribution in [3.05, 3.63) is 0 Å². The molecular formula is C7H10O3. The summed E-state index contributed by atoms with van der Waals surface area (Å²) in [4.78, 5) is 20.1. The van der Waals surface area contributed by atoms with Crippen molar-refractivity contribution in [3.8, 4) is 0 Å². The zero-order chi connectivity index (χ0) is 7.56. The number of hydrogen-bond donors (Lipinski definition) is 1. The van der Waals surface area contributed by atoms with Crippen molar-refractivity contribution >= 4 is 12.3 Å². The molecule has 0 spiro atoms. The Morgan fingerprint density at radius 3 is 2.80 bits per heavy atom. The smallest absolute Gasteiger partial charge is 0.303 e. The normalized spacial score (nSPS) is 29.6. The molecule has 0 radical (unpaired) electrons. The van der Waals surface area contributed by atoms with Crippen molar-refractivity contribution in [2.45, 2.75) is 19.3 Å². The standard InChI is InChI=1S/C7H10O3/c8-4-6-3-5(6)1-2-7(9)10/h4-6H,1-3H2,(H,9,10)/t5-,6+/m0/s1. The average molecular weight is 142 g/mol. The van der Waals surface area contributed by atoms with Crippen LogP contribution in [0.1, 0.15) is 19.3 Å². The molecule has 1 aliphatic rings. The summed E-state index contributed by atoms with van der Waals surface area (Å²) in [6, 6.07) is 0. The van der Waals surface area contributed by atoms with Gasteiger partial charge in [0.05, 0.1) is 0 Å². The van der Waals surface area contributed by atoms with Gasteiger partial charge in [-0.3, -0.25) is 4.79 Å². The number of aldehydes is 1. The average Bonchev–Trinajstić information content (AvgIpc) is 2.61. The molecule has 0 saturated heterocycles. The fourth-order valence-electron chi connectivity index (χ4n) is 1.08. The van der Waals surface area contributed by atoms with Gasteiger partial charge in [-0.2, -0.15) is 0 Å². The molecule has 56 valence electrons. The Labute approximate surface area is 59.0 Å². The van der Waals surface area contributed by atoms with Crippen molar-refractivity contribution in [2.75, 3.05) is 0 Å². The Morgan fingerprint density at radius 1 is 1.70 bits per heavy atom. The van der Waals surface area contributed by atoms with Crippen molar-refractivity contribution < 1.29 is 14.7 Å². The van der Waals surface area contributed by atoms with Crippen LogP contribution < -0.4 is 0 Å². The third kappa shape index (κ3) is 1.83. The fourth-order valence-corrected chi connectivity index (χ4v) is 1.08. The van der Waals surface area contributed by atoms with Gasteiger partial charge >= 0.3 is 5.97 Å². The SMILES string of the molecule is O=C[C@H]1C[C@@H]1CCC(=O)O. The summed E-state index contributed by atoms with van der Waals surface area (Å²) in [5, 5.41) is 8.26. The second-order valence-electron chi connectivity index (χ2n) is 2.73. The summed E-state index contributed by atoms with van der Waals surface area (Å²) >= 11 is 0. The van der Waals surface area contributed by atoms with Crippen molar-refractivity contribution in [2.24, 2.45) is 11.8 Å². The van der Waals surface area contributed by atoms with Crippen LogP contribution in [0.3, 0.4) is 0 Å². The van der Waals surface area contributed by atoms with Crippen molar-refractivity contribution in [1.82, 2.24) is 0 Å². The molecule has 10 heavy (non-hydrogen) atoms. The van der Waals surface area contributed by atoms with Crippen LogP contribution in [0.5, 0.6) is 0 Å². The Bertz CT molecular complexity index is 153. The monoisotopic (exact) mass is 142 g/mol. The number of carboxylic acids is 1. The largest absolute Gasteiger partial charge is 0.481 e. The van der Waals surface area contributed by atoms with E-state index >= 15 is 0 Å². The maximum atomic E-state index is 10.1. The van der Waals surface area contributed by atoms with Gasteiger partial charge in [-0.1, -0.05) is 0 Å². The third-order valence-electron chi connectivity index (χ3n) is 1.88. The predicted molar refractivity (Wildman–Crippen MR) is 34.5 cm³/mol. The minimum atomic E-state index is -0.767. The van der Waals surface area contributed by atoms with Crippen molar-refractivity contribution in [3.63, 3.8) is 0 Å². The quantitative estimate of drug-likeness (QED) is 0.587. The van der Waals surface area contributed by atoms with Crippen LogP contribution >= 0.6 is 0 Å². The molecule has 1 aliphatic carbocycles. The van der Waals surface area contributed by atoms with E-state index in [1.54, 1.807) is 0 Å². The molecule has 1 saturated carbocycles. The summed E-state index contributed by atoms with van der Waals surface area (Å²) in [6.07, 6.45) is 2.69. The van der Waals surface area contributed by atoms with Crippen LogP contribution in [0.2, 0.25) is 0 Å². The summed E-state index contributed by atoms with van der Waals surface area (Å²) in [6.45, 7) is 0. The minimum absolute atomic E-state index is 0.166. The first-order valence-electron chi connectivity index (χ1n) is 3.41. The lowest BCUT2D eigenvalue weighted by atomic mass is 10.2. The first-order valence-corrected chi connectivity index (χ1v) is 3.41. The maximum absolute atomic E-state index is 10.1. The molecule has 2 atom stereocenters. The highest BCUT2D eigenvalue weighted by Crippen LogP contribution is 2.39. The number of hydrogen-bond acceptors (Lipinski definition) is 2. The highest BCUT2D eigenvalue weighted by molar-refractivity contribution is 5.67. The van der Waals surface area contributed by atoms with Crippen LogP contribution in [-0.4, -0.2) is 17.4 Å². The van der Waals surface area contributed by atoms with E-state index in [-0.39, 0.29) is 12.3 Å². The van der Waals surface area contributed by atoms with Gasteiger partial charge in [0, 0.05) is 12.3 Å². The number of carboxylic acid groups (broad SMARTS) is 1. The fraction of sp³-hybridized carbons (Fsp3) is 0.714. The lowest BCUT2D eigenvalue weighted by molar-refractivity contribution is -0.137. The van der Waals surface area contributed by atoms with E-state index in [0.717, 1.165) is 12.7 Å². The first-order chi connectivity index (χ1) is 4.74. The van der Waals surface area contributed by atoms with E-state index in [4.69, 9.17) is 5.11 Å². The molecule has 0 aromatic rings. The second-order valence-corrected chi connectivity index (χ2v) is 2.73. The van der Waals surface area contributed by atoms with Gasteiger partial charge in [-0.25, -0.2) is 0 Å². The highest BCUT2D eigenvalue weighted by Gasteiger charge is 2.36. The molecule has 0 amide bonds. The van der Waals surface area contributed by atoms with E-state index in [1.165, 1.54) is 0 Å². The summed E-state index contributed by atoms with van der Waals surface area (Å²) in [5.41, 5.74) is 0. The van der Waals surface area contributed by atoms with Crippen LogP contribution in [0.15, 0.2) is 0 Å². The molecule has 0 unspecified atom stereocenters. The molecule has 1 N–H and O–H groups in total. The lowest BCUT2D eigenvalue weighted by Crippen LogP contribution is -1.95. The molecule has 1 rings (SSSR count). The summed E-state index contributed by atoms with van der Waals surface area (Å²) < 4.78 is 0. The van der Waals surface area contributed by atoms with Gasteiger partial charge in [0.25, 0.3) is 0 Å². The highest BCUT2D eigenvalue weighted by atomic mass is 16.4. The zero-order valence-corrected chi connectivity index (χ0v) is 5.62. The Kier molecular flexibility index (Phi) is 2.04. The van der Waals surface area contributed by atoms with Gasteiger partial charge in [-0.05, 0) is 18.8 Å². The van der Waals surface area contributed by atoms with Gasteiger partial charge < -0.3 is 9.90 Å². The van der Waals surface area contributed by atoms with Crippen LogP contribution in [0.25, 0.3) is 0 Å². The van der Waals surface area contributed by atoms with E-state index in [9.17, 15) is 9.59 Å². The first kappa shape index (κ1) is 7.25. The van der Waals surface area contributed by atoms with Crippen LogP contribution in [0, 0.1) is 11.8 Å². The van der Waals surface area contributed by atoms with Crippen molar-refractivity contribution in [1.29, 1.82) is 0 Å². The summed E-state index contributed by atoms with van der Waals surface area (Å²) in [7, 11) is 0. The van der Waals surface area contributed by atoms with E-state index in [0.29, 0.717) is 12.3 Å². The number of rotatable bonds is 4. The van der Waals surface area contributed by atoms with Crippen LogP contribution in [-0.2, 0) is 9.59 Å². The summed E-state index contributed by atoms with van der Waals surface area (Å²) in [5.74, 6) is -0.232. The molecule has 1 fully saturated rings. The van der Waals surface area contributed by atoms with E-state index in [1.807, 2.05) is 0 Å². The minimum Gasteiger partial charge on any atom is -0.481 e. The Morgan fingerprint density at radius 2 is 2.40 bits per heavy atom. The van der Waals surface area contributed by atoms with Gasteiger partial charge in [0.1, 0.15) is 6.29 Å². The zero-order valence-electron chi connectivity index (χ0n) is 5.62. The number of aliphatic carboxylic acids is 1. The van der Waals surface area contributed by atoms with Gasteiger partial charge in [0.15, 0.2) is 0 Å². The Hall–Kier alpha value is -0.860. The van der Waals surface area contributed by atoms with E-state index < -0.39 is 5.97 Å². The number of carbonyl (C=O) groups is 2. The maximum Gasteiger partial charge on any atom is 0.303 e. The molecular weight excluding hydrogens is 132 g/mol. The van der Waals surface area contributed by atoms with Gasteiger partial charge in [0.2, 0.25) is 0 Å². The van der Waals surface area contributed by atoms with Crippen LogP contribution in [0.4, 0.5) is 0 Å². The predicted octanol–water partition coefficient (Wildman–Crippen LogP) is 0.686. The second kappa shape index (κ2) is 2.82. The lowest BCUT2D eigenvalue weighted by Gasteiger charge is -1.89. The topological polar surface area (TPSA) is 54.4 Å².